The number of nitrogens with zero attached hydrogens (tertiary/aromatic N) is 5. The van der Waals surface area contributed by atoms with E-state index in [0.29, 0.717) is 22.4 Å². The number of aromatic nitrogens is 3. The monoisotopic (exact) mass is 506 g/mol. The molecule has 1 aliphatic rings. The van der Waals surface area contributed by atoms with E-state index >= 15 is 0 Å². The molecule has 0 aliphatic carbocycles. The van der Waals surface area contributed by atoms with Gasteiger partial charge in [-0.2, -0.15) is 0 Å². The van der Waals surface area contributed by atoms with Gasteiger partial charge in [-0.05, 0) is 67.5 Å². The lowest BCUT2D eigenvalue weighted by molar-refractivity contribution is -0.384. The Hall–Kier alpha value is -4.79. The van der Waals surface area contributed by atoms with Gasteiger partial charge in [0.15, 0.2) is 0 Å². The minimum atomic E-state index is -0.415. The Morgan fingerprint density at radius 3 is 2.42 bits per heavy atom. The zero-order chi connectivity index (χ0) is 26.2. The third-order valence-corrected chi connectivity index (χ3v) is 7.09. The Bertz CT molecular complexity index is 1700. The van der Waals surface area contributed by atoms with Crippen LogP contribution >= 0.6 is 0 Å². The van der Waals surface area contributed by atoms with Crippen molar-refractivity contribution in [2.75, 3.05) is 23.3 Å². The number of nitro benzene ring substituents is 1. The van der Waals surface area contributed by atoms with E-state index in [1.54, 1.807) is 23.0 Å². The lowest BCUT2D eigenvalue weighted by atomic mass is 10.1. The van der Waals surface area contributed by atoms with Gasteiger partial charge in [0, 0.05) is 35.8 Å². The van der Waals surface area contributed by atoms with Gasteiger partial charge < -0.3 is 10.2 Å². The lowest BCUT2D eigenvalue weighted by Crippen LogP contribution is -2.30. The zero-order valence-electron chi connectivity index (χ0n) is 20.9. The highest BCUT2D eigenvalue weighted by molar-refractivity contribution is 6.06. The van der Waals surface area contributed by atoms with Crippen LogP contribution in [0.15, 0.2) is 72.8 Å². The van der Waals surface area contributed by atoms with Crippen molar-refractivity contribution in [2.45, 2.75) is 26.2 Å². The van der Waals surface area contributed by atoms with Gasteiger partial charge in [0.1, 0.15) is 16.7 Å². The molecule has 1 fully saturated rings. The van der Waals surface area contributed by atoms with Crippen LogP contribution in [0.4, 0.5) is 17.1 Å². The fraction of sp³-hybridized carbons (Fsp3) is 0.207. The maximum absolute atomic E-state index is 13.1. The van der Waals surface area contributed by atoms with Gasteiger partial charge in [0.05, 0.1) is 10.6 Å². The van der Waals surface area contributed by atoms with Crippen molar-refractivity contribution in [2.24, 2.45) is 0 Å². The molecule has 38 heavy (non-hydrogen) atoms. The van der Waals surface area contributed by atoms with Crippen molar-refractivity contribution >= 4 is 44.8 Å². The number of hydrogen-bond donors (Lipinski definition) is 1. The van der Waals surface area contributed by atoms with Crippen molar-refractivity contribution in [3.05, 3.63) is 94.0 Å². The number of fused-ring (bicyclic) bond motifs is 2. The average Bonchev–Trinajstić information content (AvgIpc) is 3.35. The normalized spacial score (nSPS) is 13.7. The molecule has 2 heterocycles. The number of piperidine rings is 1. The maximum Gasteiger partial charge on any atom is 0.293 e. The van der Waals surface area contributed by atoms with Gasteiger partial charge in [0.2, 0.25) is 0 Å². The Labute approximate surface area is 218 Å². The Kier molecular flexibility index (Phi) is 5.95. The molecule has 5 aromatic rings. The van der Waals surface area contributed by atoms with E-state index < -0.39 is 10.8 Å². The van der Waals surface area contributed by atoms with Crippen molar-refractivity contribution in [1.82, 2.24) is 15.0 Å². The molecule has 0 unspecified atom stereocenters. The van der Waals surface area contributed by atoms with Crippen LogP contribution in [0.5, 0.6) is 0 Å². The van der Waals surface area contributed by atoms with E-state index in [1.807, 2.05) is 60.4 Å². The number of carbonyl (C=O) groups is 1. The summed E-state index contributed by atoms with van der Waals surface area (Å²) in [5.41, 5.74) is 4.34. The molecular weight excluding hydrogens is 480 g/mol. The molecule has 1 saturated heterocycles. The van der Waals surface area contributed by atoms with Crippen LogP contribution in [0.1, 0.15) is 35.2 Å². The molecule has 0 saturated carbocycles. The number of carbonyl (C=O) groups excluding carboxylic acids is 1. The summed E-state index contributed by atoms with van der Waals surface area (Å²) in [4.78, 5) is 28.2. The largest absolute Gasteiger partial charge is 0.366 e. The summed E-state index contributed by atoms with van der Waals surface area (Å²) in [6.07, 6.45) is 3.14. The second-order valence-electron chi connectivity index (χ2n) is 9.61. The highest BCUT2D eigenvalue weighted by Crippen LogP contribution is 2.32. The van der Waals surface area contributed by atoms with E-state index in [2.05, 4.69) is 15.5 Å². The molecule has 0 bridgehead atoms. The number of anilines is 2. The second-order valence-corrected chi connectivity index (χ2v) is 9.61. The van der Waals surface area contributed by atoms with Crippen LogP contribution in [0, 0.1) is 17.0 Å². The average molecular weight is 507 g/mol. The summed E-state index contributed by atoms with van der Waals surface area (Å²) in [5, 5.41) is 26.2. The van der Waals surface area contributed by atoms with E-state index in [9.17, 15) is 14.9 Å². The van der Waals surface area contributed by atoms with Crippen LogP contribution in [0.3, 0.4) is 0 Å². The van der Waals surface area contributed by atoms with Crippen molar-refractivity contribution in [3.63, 3.8) is 0 Å². The predicted octanol–water partition coefficient (Wildman–Crippen LogP) is 6.03. The molecular formula is C29H26N6O3. The number of nitrogens with one attached hydrogen (secondary N) is 1. The van der Waals surface area contributed by atoms with Crippen LogP contribution in [-0.2, 0) is 0 Å². The fourth-order valence-corrected chi connectivity index (χ4v) is 5.10. The summed E-state index contributed by atoms with van der Waals surface area (Å²) in [6.45, 7) is 3.45. The molecule has 0 radical (unpaired) electrons. The van der Waals surface area contributed by atoms with Crippen molar-refractivity contribution in [1.29, 1.82) is 0 Å². The molecule has 190 valence electrons. The van der Waals surface area contributed by atoms with E-state index in [-0.39, 0.29) is 11.3 Å². The minimum Gasteiger partial charge on any atom is -0.366 e. The Balaban J connectivity index is 1.30. The Morgan fingerprint density at radius 2 is 1.63 bits per heavy atom. The molecule has 1 N–H and O–H groups in total. The van der Waals surface area contributed by atoms with E-state index in [0.717, 1.165) is 54.4 Å². The molecule has 6 rings (SSSR count). The standard InChI is InChI=1S/C29H26N6O3/c1-19-16-24-25(32-34(31-24)26-11-7-9-20-8-3-4-10-22(20)26)18-23(19)30-29(36)21-12-13-27(28(17-21)35(37)38)33-14-5-2-6-15-33/h3-4,7-13,16-18H,2,5-6,14-15H2,1H3,(H,30,36). The molecule has 4 aromatic carbocycles. The summed E-state index contributed by atoms with van der Waals surface area (Å²) >= 11 is 0. The molecule has 1 amide bonds. The number of nitro groups is 1. The second kappa shape index (κ2) is 9.59. The van der Waals surface area contributed by atoms with Gasteiger partial charge in [-0.1, -0.05) is 36.4 Å². The zero-order valence-corrected chi connectivity index (χ0v) is 20.9. The number of amides is 1. The van der Waals surface area contributed by atoms with Gasteiger partial charge in [-0.25, -0.2) is 0 Å². The number of hydrogen-bond acceptors (Lipinski definition) is 6. The topological polar surface area (TPSA) is 106 Å². The molecule has 9 heteroatoms. The molecule has 1 aliphatic heterocycles. The third kappa shape index (κ3) is 4.32. The Morgan fingerprint density at radius 1 is 0.895 bits per heavy atom. The molecule has 0 spiro atoms. The lowest BCUT2D eigenvalue weighted by Gasteiger charge is -2.28. The van der Waals surface area contributed by atoms with Crippen molar-refractivity contribution in [3.8, 4) is 5.69 Å². The van der Waals surface area contributed by atoms with Crippen LogP contribution < -0.4 is 10.2 Å². The number of aryl methyl sites for hydroxylation is 1. The van der Waals surface area contributed by atoms with Gasteiger partial charge in [-0.3, -0.25) is 14.9 Å². The number of benzene rings is 4. The molecule has 1 aromatic heterocycles. The highest BCUT2D eigenvalue weighted by atomic mass is 16.6. The first-order valence-corrected chi connectivity index (χ1v) is 12.7. The first-order chi connectivity index (χ1) is 18.5. The first kappa shape index (κ1) is 23.6. The first-order valence-electron chi connectivity index (χ1n) is 12.7. The fourth-order valence-electron chi connectivity index (χ4n) is 5.10. The quantitative estimate of drug-likeness (QED) is 0.230. The molecule has 9 nitrogen and oxygen atoms in total. The summed E-state index contributed by atoms with van der Waals surface area (Å²) in [5.74, 6) is -0.415. The summed E-state index contributed by atoms with van der Waals surface area (Å²) in [6, 6.07) is 22.4. The van der Waals surface area contributed by atoms with Crippen LogP contribution in [0.2, 0.25) is 0 Å². The minimum absolute atomic E-state index is 0.0512. The van der Waals surface area contributed by atoms with Gasteiger partial charge in [0.25, 0.3) is 11.6 Å². The van der Waals surface area contributed by atoms with Gasteiger partial charge in [-0.15, -0.1) is 15.0 Å². The van der Waals surface area contributed by atoms with E-state index in [1.165, 1.54) is 6.07 Å². The highest BCUT2D eigenvalue weighted by Gasteiger charge is 2.23. The smallest absolute Gasteiger partial charge is 0.293 e. The van der Waals surface area contributed by atoms with Crippen molar-refractivity contribution < 1.29 is 9.72 Å². The maximum atomic E-state index is 13.1. The summed E-state index contributed by atoms with van der Waals surface area (Å²) < 4.78 is 0. The molecule has 0 atom stereocenters. The van der Waals surface area contributed by atoms with Crippen LogP contribution in [-0.4, -0.2) is 38.9 Å². The van der Waals surface area contributed by atoms with E-state index in [4.69, 9.17) is 0 Å². The predicted molar refractivity (Wildman–Crippen MR) is 148 cm³/mol. The summed E-state index contributed by atoms with van der Waals surface area (Å²) in [7, 11) is 0. The van der Waals surface area contributed by atoms with Crippen LogP contribution in [0.25, 0.3) is 27.5 Å². The SMILES string of the molecule is Cc1cc2nn(-c3cccc4ccccc34)nc2cc1NC(=O)c1ccc(N2CCCCC2)c([N+](=O)[O-])c1. The third-order valence-electron chi connectivity index (χ3n) is 7.09. The number of rotatable bonds is 5. The van der Waals surface area contributed by atoms with Gasteiger partial charge >= 0.3 is 0 Å².